The van der Waals surface area contributed by atoms with Gasteiger partial charge in [0.1, 0.15) is 0 Å². The Balaban J connectivity index is 2.02. The first-order chi connectivity index (χ1) is 10.3. The first-order valence-corrected chi connectivity index (χ1v) is 6.72. The molecule has 1 aliphatic rings. The molecule has 0 saturated carbocycles. The minimum absolute atomic E-state index is 0.245. The third kappa shape index (κ3) is 1.68. The summed E-state index contributed by atoms with van der Waals surface area (Å²) in [6.07, 6.45) is 0. The van der Waals surface area contributed by atoms with Crippen molar-refractivity contribution in [3.05, 3.63) is 82.6 Å². The van der Waals surface area contributed by atoms with Crippen LogP contribution in [0.4, 0.5) is 0 Å². The van der Waals surface area contributed by atoms with Crippen LogP contribution < -0.4 is 5.56 Å². The monoisotopic (exact) mass is 273 g/mol. The molecule has 4 rings (SSSR count). The fourth-order valence-corrected chi connectivity index (χ4v) is 2.79. The summed E-state index contributed by atoms with van der Waals surface area (Å²) in [6, 6.07) is 20.4. The molecule has 0 unspecified atom stereocenters. The Labute approximate surface area is 121 Å². The minimum atomic E-state index is -0.285. The lowest BCUT2D eigenvalue weighted by atomic mass is 10.0. The van der Waals surface area contributed by atoms with Gasteiger partial charge in [-0.1, -0.05) is 48.5 Å². The van der Waals surface area contributed by atoms with Crippen LogP contribution in [0.15, 0.2) is 71.5 Å². The summed E-state index contributed by atoms with van der Waals surface area (Å²) in [6.45, 7) is 0. The summed E-state index contributed by atoms with van der Waals surface area (Å²) in [5.41, 5.74) is 3.58. The van der Waals surface area contributed by atoms with Gasteiger partial charge in [-0.2, -0.15) is 0 Å². The van der Waals surface area contributed by atoms with E-state index in [1.54, 1.807) is 6.07 Å². The first kappa shape index (κ1) is 11.9. The van der Waals surface area contributed by atoms with Gasteiger partial charge in [0.15, 0.2) is 0 Å². The standard InChI is InChI=1S/C18H11NO2/c20-17-11-13(12-6-2-1-3-7-12)10-16-14-8-4-5-9-15(14)18(21)19(16)17/h1-11H. The number of nitrogens with zero attached hydrogens (tertiary/aromatic N) is 1. The molecule has 21 heavy (non-hydrogen) atoms. The van der Waals surface area contributed by atoms with Crippen molar-refractivity contribution in [3.8, 4) is 22.4 Å². The Morgan fingerprint density at radius 2 is 1.33 bits per heavy atom. The predicted octanol–water partition coefficient (Wildman–Crippen LogP) is 3.18. The first-order valence-electron chi connectivity index (χ1n) is 6.72. The van der Waals surface area contributed by atoms with E-state index in [1.807, 2.05) is 54.6 Å². The molecule has 0 bridgehead atoms. The largest absolute Gasteiger partial charge is 0.269 e. The van der Waals surface area contributed by atoms with Gasteiger partial charge in [0.25, 0.3) is 11.5 Å². The summed E-state index contributed by atoms with van der Waals surface area (Å²) in [7, 11) is 0. The maximum atomic E-state index is 12.3. The van der Waals surface area contributed by atoms with Crippen LogP contribution in [-0.4, -0.2) is 10.5 Å². The van der Waals surface area contributed by atoms with Crippen molar-refractivity contribution in [2.24, 2.45) is 0 Å². The highest BCUT2D eigenvalue weighted by Gasteiger charge is 2.27. The van der Waals surface area contributed by atoms with E-state index in [9.17, 15) is 9.59 Å². The molecular weight excluding hydrogens is 262 g/mol. The molecule has 0 fully saturated rings. The van der Waals surface area contributed by atoms with Gasteiger partial charge >= 0.3 is 0 Å². The molecule has 2 aromatic carbocycles. The fourth-order valence-electron chi connectivity index (χ4n) is 2.79. The zero-order valence-corrected chi connectivity index (χ0v) is 11.1. The molecule has 0 radical (unpaired) electrons. The van der Waals surface area contributed by atoms with E-state index in [2.05, 4.69) is 0 Å². The van der Waals surface area contributed by atoms with Gasteiger partial charge in [-0.3, -0.25) is 9.59 Å². The van der Waals surface area contributed by atoms with Crippen molar-refractivity contribution in [1.82, 2.24) is 4.57 Å². The topological polar surface area (TPSA) is 39.1 Å². The maximum Gasteiger partial charge on any atom is 0.266 e. The average molecular weight is 273 g/mol. The van der Waals surface area contributed by atoms with Crippen LogP contribution in [0.5, 0.6) is 0 Å². The molecule has 100 valence electrons. The Hall–Kier alpha value is -2.94. The molecule has 0 spiro atoms. The fraction of sp³-hybridized carbons (Fsp3) is 0. The van der Waals surface area contributed by atoms with Crippen molar-refractivity contribution in [3.63, 3.8) is 0 Å². The van der Waals surface area contributed by atoms with Gasteiger partial charge < -0.3 is 0 Å². The number of hydrogen-bond donors (Lipinski definition) is 0. The van der Waals surface area contributed by atoms with Crippen LogP contribution in [0.25, 0.3) is 22.4 Å². The summed E-state index contributed by atoms with van der Waals surface area (Å²) >= 11 is 0. The predicted molar refractivity (Wildman–Crippen MR) is 81.3 cm³/mol. The third-order valence-corrected chi connectivity index (χ3v) is 3.78. The molecular formula is C18H11NO2. The molecule has 3 nitrogen and oxygen atoms in total. The number of benzene rings is 2. The minimum Gasteiger partial charge on any atom is -0.269 e. The molecule has 3 aromatic rings. The van der Waals surface area contributed by atoms with Gasteiger partial charge in [0, 0.05) is 17.2 Å². The van der Waals surface area contributed by atoms with Crippen LogP contribution >= 0.6 is 0 Å². The molecule has 3 heteroatoms. The maximum absolute atomic E-state index is 12.3. The van der Waals surface area contributed by atoms with Crippen molar-refractivity contribution in [2.75, 3.05) is 0 Å². The number of pyridine rings is 1. The number of hydrogen-bond acceptors (Lipinski definition) is 2. The van der Waals surface area contributed by atoms with E-state index in [0.717, 1.165) is 16.7 Å². The Kier molecular flexibility index (Phi) is 2.42. The van der Waals surface area contributed by atoms with Crippen LogP contribution in [0.3, 0.4) is 0 Å². The van der Waals surface area contributed by atoms with Crippen molar-refractivity contribution in [1.29, 1.82) is 0 Å². The Morgan fingerprint density at radius 1 is 0.667 bits per heavy atom. The van der Waals surface area contributed by atoms with Gasteiger partial charge in [0.2, 0.25) is 0 Å². The van der Waals surface area contributed by atoms with E-state index in [-0.39, 0.29) is 11.5 Å². The van der Waals surface area contributed by atoms with Crippen LogP contribution in [0.2, 0.25) is 0 Å². The van der Waals surface area contributed by atoms with E-state index >= 15 is 0 Å². The second-order valence-electron chi connectivity index (χ2n) is 5.02. The highest BCUT2D eigenvalue weighted by atomic mass is 16.2. The lowest BCUT2D eigenvalue weighted by molar-refractivity contribution is 0.0965. The molecule has 1 aromatic heterocycles. The van der Waals surface area contributed by atoms with Crippen molar-refractivity contribution >= 4 is 5.91 Å². The average Bonchev–Trinajstić information content (AvgIpc) is 2.82. The Bertz CT molecular complexity index is 923. The molecule has 2 heterocycles. The molecule has 0 amide bonds. The summed E-state index contributed by atoms with van der Waals surface area (Å²) in [4.78, 5) is 24.6. The van der Waals surface area contributed by atoms with Gasteiger partial charge in [-0.25, -0.2) is 4.57 Å². The Morgan fingerprint density at radius 3 is 2.10 bits per heavy atom. The zero-order chi connectivity index (χ0) is 14.4. The van der Waals surface area contributed by atoms with Crippen molar-refractivity contribution < 1.29 is 4.79 Å². The number of fused-ring (bicyclic) bond motifs is 3. The highest BCUT2D eigenvalue weighted by molar-refractivity contribution is 6.09. The summed E-state index contributed by atoms with van der Waals surface area (Å²) in [5.74, 6) is -0.245. The lowest BCUT2D eigenvalue weighted by Gasteiger charge is -2.06. The molecule has 1 aliphatic heterocycles. The molecule has 0 N–H and O–H groups in total. The summed E-state index contributed by atoms with van der Waals surface area (Å²) < 4.78 is 1.25. The van der Waals surface area contributed by atoms with Crippen molar-refractivity contribution in [2.45, 2.75) is 0 Å². The number of aromatic nitrogens is 1. The second kappa shape index (κ2) is 4.28. The van der Waals surface area contributed by atoms with Crippen LogP contribution in [-0.2, 0) is 0 Å². The lowest BCUT2D eigenvalue weighted by Crippen LogP contribution is -2.23. The number of carbonyl (C=O) groups is 1. The van der Waals surface area contributed by atoms with Crippen LogP contribution in [0, 0.1) is 0 Å². The van der Waals surface area contributed by atoms with Gasteiger partial charge in [-0.15, -0.1) is 0 Å². The molecule has 0 saturated heterocycles. The highest BCUT2D eigenvalue weighted by Crippen LogP contribution is 2.32. The molecule has 0 atom stereocenters. The van der Waals surface area contributed by atoms with Gasteiger partial charge in [0.05, 0.1) is 5.69 Å². The zero-order valence-electron chi connectivity index (χ0n) is 11.1. The number of rotatable bonds is 1. The van der Waals surface area contributed by atoms with E-state index in [4.69, 9.17) is 0 Å². The van der Waals surface area contributed by atoms with E-state index in [1.165, 1.54) is 10.6 Å². The summed E-state index contributed by atoms with van der Waals surface area (Å²) in [5, 5.41) is 0. The van der Waals surface area contributed by atoms with Gasteiger partial charge in [-0.05, 0) is 23.3 Å². The quantitative estimate of drug-likeness (QED) is 0.534. The van der Waals surface area contributed by atoms with E-state index < -0.39 is 0 Å². The number of carbonyl (C=O) groups excluding carboxylic acids is 1. The smallest absolute Gasteiger partial charge is 0.266 e. The third-order valence-electron chi connectivity index (χ3n) is 3.78. The van der Waals surface area contributed by atoms with Crippen LogP contribution in [0.1, 0.15) is 10.4 Å². The SMILES string of the molecule is O=C1c2ccccc2-c2cc(-c3ccccc3)cc(=O)n21. The normalized spacial score (nSPS) is 12.1. The van der Waals surface area contributed by atoms with E-state index in [0.29, 0.717) is 11.3 Å². The molecule has 0 aliphatic carbocycles. The second-order valence-corrected chi connectivity index (χ2v) is 5.02.